The summed E-state index contributed by atoms with van der Waals surface area (Å²) in [5.41, 5.74) is 0. The number of para-hydroxylation sites is 1. The maximum absolute atomic E-state index is 5.96. The molecule has 0 amide bonds. The van der Waals surface area contributed by atoms with Crippen LogP contribution in [0.1, 0.15) is 19.8 Å². The molecule has 0 fully saturated rings. The minimum Gasteiger partial charge on any atom is -0.496 e. The summed E-state index contributed by atoms with van der Waals surface area (Å²) in [7, 11) is 4.98. The Morgan fingerprint density at radius 2 is 1.54 bits per heavy atom. The monoisotopic (exact) mass is 443 g/mol. The van der Waals surface area contributed by atoms with Crippen molar-refractivity contribution >= 4 is 0 Å². The molecular formula is C19H24IO4+. The van der Waals surface area contributed by atoms with Gasteiger partial charge >= 0.3 is 21.2 Å². The Bertz CT molecular complexity index is 633. The SMILES string of the molecule is CCCCOc1ccccc1[I+]c1c(OC)cc(OC)cc1OC. The van der Waals surface area contributed by atoms with E-state index < -0.39 is 21.2 Å². The molecule has 0 spiro atoms. The Labute approximate surface area is 154 Å². The van der Waals surface area contributed by atoms with Crippen LogP contribution in [0.25, 0.3) is 0 Å². The maximum atomic E-state index is 5.96. The minimum absolute atomic E-state index is 0.520. The number of ether oxygens (including phenoxy) is 4. The van der Waals surface area contributed by atoms with Gasteiger partial charge in [0.15, 0.2) is 17.2 Å². The summed E-state index contributed by atoms with van der Waals surface area (Å²) in [6.07, 6.45) is 2.18. The summed E-state index contributed by atoms with van der Waals surface area (Å²) < 4.78 is 24.7. The van der Waals surface area contributed by atoms with Crippen LogP contribution < -0.4 is 40.2 Å². The predicted octanol–water partition coefficient (Wildman–Crippen LogP) is 1.02. The van der Waals surface area contributed by atoms with Crippen molar-refractivity contribution in [3.05, 3.63) is 43.5 Å². The Hall–Kier alpha value is -1.63. The van der Waals surface area contributed by atoms with Gasteiger partial charge in [-0.05, 0) is 18.6 Å². The van der Waals surface area contributed by atoms with E-state index in [1.807, 2.05) is 30.3 Å². The van der Waals surface area contributed by atoms with Gasteiger partial charge in [-0.15, -0.1) is 0 Å². The molecule has 0 aliphatic carbocycles. The van der Waals surface area contributed by atoms with E-state index in [1.165, 1.54) is 3.57 Å². The highest BCUT2D eigenvalue weighted by Gasteiger charge is 2.30. The summed E-state index contributed by atoms with van der Waals surface area (Å²) in [6.45, 7) is 2.91. The van der Waals surface area contributed by atoms with Crippen LogP contribution in [0.2, 0.25) is 0 Å². The van der Waals surface area contributed by atoms with Gasteiger partial charge in [0.05, 0.1) is 27.9 Å². The lowest BCUT2D eigenvalue weighted by Gasteiger charge is -2.09. The first kappa shape index (κ1) is 18.7. The molecule has 2 aromatic rings. The molecule has 4 nitrogen and oxygen atoms in total. The Kier molecular flexibility index (Phi) is 7.49. The smallest absolute Gasteiger partial charge is 0.370 e. The van der Waals surface area contributed by atoms with Crippen LogP contribution in [-0.2, 0) is 0 Å². The van der Waals surface area contributed by atoms with E-state index in [0.29, 0.717) is 0 Å². The molecule has 2 aromatic carbocycles. The molecule has 0 aromatic heterocycles. The van der Waals surface area contributed by atoms with Crippen LogP contribution in [0.3, 0.4) is 0 Å². The van der Waals surface area contributed by atoms with Crippen molar-refractivity contribution in [3.63, 3.8) is 0 Å². The molecule has 0 atom stereocenters. The Morgan fingerprint density at radius 3 is 2.12 bits per heavy atom. The van der Waals surface area contributed by atoms with Crippen molar-refractivity contribution in [2.24, 2.45) is 0 Å². The van der Waals surface area contributed by atoms with E-state index in [4.69, 9.17) is 18.9 Å². The van der Waals surface area contributed by atoms with Gasteiger partial charge in [0.2, 0.25) is 3.57 Å². The number of rotatable bonds is 9. The molecule has 2 rings (SSSR count). The highest BCUT2D eigenvalue weighted by atomic mass is 127. The fourth-order valence-corrected chi connectivity index (χ4v) is 4.98. The largest absolute Gasteiger partial charge is 0.496 e. The molecule has 0 saturated carbocycles. The van der Waals surface area contributed by atoms with Crippen LogP contribution in [0.4, 0.5) is 0 Å². The van der Waals surface area contributed by atoms with Crippen molar-refractivity contribution in [1.82, 2.24) is 0 Å². The number of benzene rings is 2. The Morgan fingerprint density at radius 1 is 0.875 bits per heavy atom. The summed E-state index contributed by atoms with van der Waals surface area (Å²) in [5, 5.41) is 0. The van der Waals surface area contributed by atoms with Gasteiger partial charge in [0.25, 0.3) is 3.57 Å². The van der Waals surface area contributed by atoms with Gasteiger partial charge in [-0.25, -0.2) is 0 Å². The third-order valence-electron chi connectivity index (χ3n) is 3.44. The number of hydrogen-bond acceptors (Lipinski definition) is 4. The maximum Gasteiger partial charge on any atom is 0.370 e. The topological polar surface area (TPSA) is 36.9 Å². The molecule has 0 heterocycles. The Balaban J connectivity index is 2.34. The predicted molar refractivity (Wildman–Crippen MR) is 90.3 cm³/mol. The molecule has 5 heteroatoms. The van der Waals surface area contributed by atoms with Gasteiger partial charge in [0, 0.05) is 12.1 Å². The lowest BCUT2D eigenvalue weighted by Crippen LogP contribution is -3.61. The summed E-state index contributed by atoms with van der Waals surface area (Å²) in [4.78, 5) is 0. The third kappa shape index (κ3) is 4.69. The molecule has 0 radical (unpaired) electrons. The highest BCUT2D eigenvalue weighted by Crippen LogP contribution is 2.27. The average molecular weight is 443 g/mol. The molecular weight excluding hydrogens is 419 g/mol. The molecule has 0 saturated heterocycles. The number of halogens is 1. The summed E-state index contributed by atoms with van der Waals surface area (Å²) >= 11 is -0.520. The van der Waals surface area contributed by atoms with Crippen molar-refractivity contribution in [2.45, 2.75) is 19.8 Å². The molecule has 0 N–H and O–H groups in total. The van der Waals surface area contributed by atoms with Crippen LogP contribution in [0.5, 0.6) is 23.0 Å². The lowest BCUT2D eigenvalue weighted by molar-refractivity contribution is -0.599. The van der Waals surface area contributed by atoms with Crippen LogP contribution >= 0.6 is 0 Å². The van der Waals surface area contributed by atoms with Crippen LogP contribution in [0.15, 0.2) is 36.4 Å². The zero-order valence-electron chi connectivity index (χ0n) is 14.6. The fraction of sp³-hybridized carbons (Fsp3) is 0.368. The highest BCUT2D eigenvalue weighted by molar-refractivity contribution is 5.41. The first-order chi connectivity index (χ1) is 11.7. The van der Waals surface area contributed by atoms with Crippen molar-refractivity contribution in [2.75, 3.05) is 27.9 Å². The van der Waals surface area contributed by atoms with Crippen molar-refractivity contribution in [1.29, 1.82) is 0 Å². The molecule has 0 aliphatic heterocycles. The quantitative estimate of drug-likeness (QED) is 0.429. The second-order valence-electron chi connectivity index (χ2n) is 5.07. The third-order valence-corrected chi connectivity index (χ3v) is 6.52. The molecule has 0 unspecified atom stereocenters. The first-order valence-electron chi connectivity index (χ1n) is 7.90. The fourth-order valence-electron chi connectivity index (χ4n) is 2.12. The minimum atomic E-state index is -0.520. The standard InChI is InChI=1S/C19H24IO4/c1-5-6-11-24-16-10-8-7-9-15(16)20-19-17(22-3)12-14(21-2)13-18(19)23-4/h7-10,12-13H,5-6,11H2,1-4H3/q+1. The average Bonchev–Trinajstić information content (AvgIpc) is 2.63. The van der Waals surface area contributed by atoms with Gasteiger partial charge in [-0.3, -0.25) is 0 Å². The normalized spacial score (nSPS) is 10.3. The zero-order chi connectivity index (χ0) is 17.4. The second kappa shape index (κ2) is 9.61. The van der Waals surface area contributed by atoms with Gasteiger partial charge in [-0.1, -0.05) is 25.5 Å². The van der Waals surface area contributed by atoms with E-state index in [2.05, 4.69) is 13.0 Å². The summed E-state index contributed by atoms with van der Waals surface area (Å²) in [6, 6.07) is 12.0. The van der Waals surface area contributed by atoms with Crippen LogP contribution in [0, 0.1) is 7.14 Å². The molecule has 130 valence electrons. The van der Waals surface area contributed by atoms with E-state index in [1.54, 1.807) is 21.3 Å². The molecule has 24 heavy (non-hydrogen) atoms. The molecule has 0 bridgehead atoms. The number of methoxy groups -OCH3 is 3. The van der Waals surface area contributed by atoms with E-state index in [0.717, 1.165) is 46.0 Å². The van der Waals surface area contributed by atoms with Gasteiger partial charge in [0.1, 0.15) is 5.75 Å². The summed E-state index contributed by atoms with van der Waals surface area (Å²) in [5.74, 6) is 3.27. The zero-order valence-corrected chi connectivity index (χ0v) is 16.8. The lowest BCUT2D eigenvalue weighted by atomic mass is 10.3. The molecule has 0 aliphatic rings. The second-order valence-corrected chi connectivity index (χ2v) is 7.85. The first-order valence-corrected chi connectivity index (χ1v) is 10.1. The van der Waals surface area contributed by atoms with E-state index in [9.17, 15) is 0 Å². The van der Waals surface area contributed by atoms with Crippen molar-refractivity contribution in [3.8, 4) is 23.0 Å². The van der Waals surface area contributed by atoms with Gasteiger partial charge < -0.3 is 18.9 Å². The number of hydrogen-bond donors (Lipinski definition) is 0. The van der Waals surface area contributed by atoms with Crippen molar-refractivity contribution < 1.29 is 40.2 Å². The number of unbranched alkanes of at least 4 members (excludes halogenated alkanes) is 1. The van der Waals surface area contributed by atoms with Crippen LogP contribution in [-0.4, -0.2) is 27.9 Å². The van der Waals surface area contributed by atoms with E-state index in [-0.39, 0.29) is 0 Å². The van der Waals surface area contributed by atoms with E-state index >= 15 is 0 Å². The van der Waals surface area contributed by atoms with Gasteiger partial charge in [-0.2, -0.15) is 0 Å².